The molecule has 2 heterocycles. The number of nitrogens with zero attached hydrogens (tertiary/aromatic N) is 2. The van der Waals surface area contributed by atoms with E-state index in [1.165, 1.54) is 0 Å². The van der Waals surface area contributed by atoms with Crippen molar-refractivity contribution >= 4 is 11.9 Å². The lowest BCUT2D eigenvalue weighted by Crippen LogP contribution is -2.59. The number of hydrogen-bond donors (Lipinski definition) is 5. The Morgan fingerprint density at radius 1 is 1.36 bits per heavy atom. The summed E-state index contributed by atoms with van der Waals surface area (Å²) in [7, 11) is 0. The smallest absolute Gasteiger partial charge is 0.347 e. The van der Waals surface area contributed by atoms with Gasteiger partial charge in [0.1, 0.15) is 24.1 Å². The second-order valence-electron chi connectivity index (χ2n) is 5.14. The Balaban J connectivity index is 2.37. The molecule has 0 aromatic rings. The molecule has 0 radical (unpaired) electrons. The van der Waals surface area contributed by atoms with Gasteiger partial charge in [-0.3, -0.25) is 4.90 Å². The summed E-state index contributed by atoms with van der Waals surface area (Å²) in [6, 6.07) is -1.09. The molecule has 2 aliphatic heterocycles. The fourth-order valence-corrected chi connectivity index (χ4v) is 2.34. The Kier molecular flexibility index (Phi) is 4.63. The van der Waals surface area contributed by atoms with Crippen LogP contribution in [0, 0.1) is 0 Å². The highest BCUT2D eigenvalue weighted by Gasteiger charge is 2.59. The molecule has 0 aliphatic carbocycles. The van der Waals surface area contributed by atoms with Crippen LogP contribution in [0.4, 0.5) is 13.6 Å². The second-order valence-corrected chi connectivity index (χ2v) is 5.14. The predicted octanol–water partition coefficient (Wildman–Crippen LogP) is -2.40. The number of amidine groups is 1. The Morgan fingerprint density at radius 3 is 2.55 bits per heavy atom. The number of aliphatic imine (C=N–C) groups is 1. The van der Waals surface area contributed by atoms with Crippen molar-refractivity contribution in [3.8, 4) is 0 Å². The molecule has 0 saturated carbocycles. The van der Waals surface area contributed by atoms with E-state index < -0.39 is 49.2 Å². The number of rotatable bonds is 2. The fraction of sp³-hybridized carbons (Fsp3) is 0.818. The van der Waals surface area contributed by atoms with E-state index in [1.54, 1.807) is 0 Å². The maximum atomic E-state index is 14.3. The molecule has 11 heteroatoms. The molecule has 0 unspecified atom stereocenters. The van der Waals surface area contributed by atoms with Gasteiger partial charge in [-0.05, 0) is 0 Å². The van der Waals surface area contributed by atoms with Crippen molar-refractivity contribution in [3.63, 3.8) is 0 Å². The first-order valence-corrected chi connectivity index (χ1v) is 6.52. The van der Waals surface area contributed by atoms with Crippen LogP contribution in [0.3, 0.4) is 0 Å². The molecule has 0 bridgehead atoms. The molecular weight excluding hydrogens is 308 g/mol. The molecule has 0 aromatic carbocycles. The third-order valence-electron chi connectivity index (χ3n) is 3.64. The number of halogens is 2. The highest BCUT2D eigenvalue weighted by molar-refractivity contribution is 5.95. The normalized spacial score (nSPS) is 39.4. The van der Waals surface area contributed by atoms with Crippen LogP contribution in [0.25, 0.3) is 0 Å². The van der Waals surface area contributed by atoms with Crippen molar-refractivity contribution in [1.82, 2.24) is 4.90 Å². The number of ether oxygens (including phenoxy) is 1. The molecular formula is C11H17F2N3O6. The average Bonchev–Trinajstić information content (AvgIpc) is 2.51. The zero-order valence-electron chi connectivity index (χ0n) is 11.3. The number of hydrogen-bond acceptors (Lipinski definition) is 7. The number of aliphatic hydroxyl groups is 4. The zero-order chi connectivity index (χ0) is 16.7. The summed E-state index contributed by atoms with van der Waals surface area (Å²) in [6.45, 7) is -1.14. The average molecular weight is 325 g/mol. The summed E-state index contributed by atoms with van der Waals surface area (Å²) >= 11 is 0. The molecule has 6 N–H and O–H groups in total. The minimum absolute atomic E-state index is 0.0205. The first-order chi connectivity index (χ1) is 10.2. The zero-order valence-corrected chi connectivity index (χ0v) is 11.3. The van der Waals surface area contributed by atoms with Gasteiger partial charge in [0.2, 0.25) is 6.23 Å². The molecule has 1 fully saturated rings. The molecule has 5 atom stereocenters. The van der Waals surface area contributed by atoms with Crippen LogP contribution in [0.5, 0.6) is 0 Å². The van der Waals surface area contributed by atoms with Crippen molar-refractivity contribution in [1.29, 1.82) is 0 Å². The number of carbonyl (C=O) groups is 1. The lowest BCUT2D eigenvalue weighted by atomic mass is 10.00. The van der Waals surface area contributed by atoms with Gasteiger partial charge in [0.15, 0.2) is 6.10 Å². The number of nitrogens with two attached hydrogens (primary N) is 1. The molecule has 22 heavy (non-hydrogen) atoms. The molecule has 2 aliphatic rings. The molecule has 0 spiro atoms. The van der Waals surface area contributed by atoms with Gasteiger partial charge in [-0.25, -0.2) is 4.79 Å². The van der Waals surface area contributed by atoms with E-state index >= 15 is 0 Å². The highest BCUT2D eigenvalue weighted by Crippen LogP contribution is 2.36. The van der Waals surface area contributed by atoms with Gasteiger partial charge >= 0.3 is 12.0 Å². The van der Waals surface area contributed by atoms with E-state index in [0.717, 1.165) is 0 Å². The molecule has 0 aromatic heterocycles. The Bertz CT molecular complexity index is 477. The van der Waals surface area contributed by atoms with Gasteiger partial charge < -0.3 is 30.9 Å². The SMILES string of the molecule is NC1=NC(=O)N([C@@H]2O[C@H](CO)[C@@H](O)[C@H](O)[C@@H](O)C2(F)F)CC1. The monoisotopic (exact) mass is 325 g/mol. The largest absolute Gasteiger partial charge is 0.394 e. The maximum Gasteiger partial charge on any atom is 0.347 e. The van der Waals surface area contributed by atoms with E-state index in [4.69, 9.17) is 15.6 Å². The van der Waals surface area contributed by atoms with E-state index in [2.05, 4.69) is 4.99 Å². The van der Waals surface area contributed by atoms with Crippen LogP contribution in [0.2, 0.25) is 0 Å². The lowest BCUT2D eigenvalue weighted by Gasteiger charge is -2.37. The van der Waals surface area contributed by atoms with Gasteiger partial charge in [0.05, 0.1) is 6.61 Å². The molecule has 126 valence electrons. The van der Waals surface area contributed by atoms with E-state index in [-0.39, 0.29) is 18.8 Å². The van der Waals surface area contributed by atoms with Gasteiger partial charge in [0, 0.05) is 13.0 Å². The van der Waals surface area contributed by atoms with Crippen molar-refractivity contribution in [2.24, 2.45) is 10.7 Å². The van der Waals surface area contributed by atoms with Crippen LogP contribution in [0.15, 0.2) is 4.99 Å². The summed E-state index contributed by atoms with van der Waals surface area (Å²) in [6.07, 6.45) is -10.8. The highest BCUT2D eigenvalue weighted by atomic mass is 19.3. The number of carbonyl (C=O) groups excluding carboxylic acids is 1. The summed E-state index contributed by atoms with van der Waals surface area (Å²) in [5.74, 6) is -4.13. The summed E-state index contributed by atoms with van der Waals surface area (Å²) in [4.78, 5) is 15.6. The Hall–Kier alpha value is -1.40. The first-order valence-electron chi connectivity index (χ1n) is 6.52. The van der Waals surface area contributed by atoms with Gasteiger partial charge in [-0.15, -0.1) is 0 Å². The lowest BCUT2D eigenvalue weighted by molar-refractivity contribution is -0.239. The van der Waals surface area contributed by atoms with Crippen LogP contribution < -0.4 is 5.73 Å². The maximum absolute atomic E-state index is 14.3. The standard InChI is InChI=1S/C11H17F2N3O6/c12-11(13)8(20)7(19)6(18)4(3-17)22-9(11)16-2-1-5(14)15-10(16)21/h4,6-9,17-20H,1-3H2,(H2,14,15,21)/t4-,6-,7+,8-,9-/m1/s1. The van der Waals surface area contributed by atoms with Crippen LogP contribution in [-0.4, -0.2) is 86.9 Å². The molecule has 2 amide bonds. The minimum atomic E-state index is -4.10. The number of aliphatic hydroxyl groups excluding tert-OH is 4. The van der Waals surface area contributed by atoms with E-state index in [1.807, 2.05) is 0 Å². The van der Waals surface area contributed by atoms with Crippen molar-refractivity contribution < 1.29 is 38.7 Å². The van der Waals surface area contributed by atoms with Crippen LogP contribution in [-0.2, 0) is 4.74 Å². The van der Waals surface area contributed by atoms with Crippen molar-refractivity contribution in [3.05, 3.63) is 0 Å². The summed E-state index contributed by atoms with van der Waals surface area (Å²) in [5.41, 5.74) is 5.35. The second kappa shape index (κ2) is 6.01. The minimum Gasteiger partial charge on any atom is -0.394 e. The third-order valence-corrected chi connectivity index (χ3v) is 3.64. The fourth-order valence-electron chi connectivity index (χ4n) is 2.34. The van der Waals surface area contributed by atoms with Gasteiger partial charge in [-0.1, -0.05) is 0 Å². The van der Waals surface area contributed by atoms with Crippen molar-refractivity contribution in [2.45, 2.75) is 43.0 Å². The van der Waals surface area contributed by atoms with Crippen LogP contribution >= 0.6 is 0 Å². The number of alkyl halides is 2. The quantitative estimate of drug-likeness (QED) is 0.380. The predicted molar refractivity (Wildman–Crippen MR) is 67.1 cm³/mol. The number of amides is 2. The molecule has 1 saturated heterocycles. The van der Waals surface area contributed by atoms with Crippen LogP contribution in [0.1, 0.15) is 6.42 Å². The van der Waals surface area contributed by atoms with Gasteiger partial charge in [-0.2, -0.15) is 13.8 Å². The molecule has 2 rings (SSSR count). The van der Waals surface area contributed by atoms with Gasteiger partial charge in [0.25, 0.3) is 0 Å². The molecule has 9 nitrogen and oxygen atoms in total. The van der Waals surface area contributed by atoms with E-state index in [0.29, 0.717) is 4.90 Å². The Morgan fingerprint density at radius 2 is 2.00 bits per heavy atom. The summed E-state index contributed by atoms with van der Waals surface area (Å²) < 4.78 is 33.5. The van der Waals surface area contributed by atoms with E-state index in [9.17, 15) is 28.9 Å². The number of urea groups is 1. The first kappa shape index (κ1) is 17.0. The Labute approximate surface area is 123 Å². The third kappa shape index (κ3) is 2.77. The van der Waals surface area contributed by atoms with Crippen molar-refractivity contribution in [2.75, 3.05) is 13.2 Å². The topological polar surface area (TPSA) is 149 Å². The summed E-state index contributed by atoms with van der Waals surface area (Å²) in [5, 5.41) is 37.9.